The molecule has 0 spiro atoms. The minimum absolute atomic E-state index is 0.00298. The van der Waals surface area contributed by atoms with Gasteiger partial charge < -0.3 is 15.1 Å². The lowest BCUT2D eigenvalue weighted by atomic mass is 10.2. The molecular formula is C17H19F3N4O. The number of halogens is 3. The molecule has 8 heteroatoms. The second-order valence-electron chi connectivity index (χ2n) is 5.66. The third kappa shape index (κ3) is 5.22. The molecular weight excluding hydrogens is 333 g/mol. The number of alkyl halides is 3. The fourth-order valence-corrected chi connectivity index (χ4v) is 2.50. The summed E-state index contributed by atoms with van der Waals surface area (Å²) < 4.78 is 38.1. The van der Waals surface area contributed by atoms with Crippen molar-refractivity contribution in [2.45, 2.75) is 13.1 Å². The standard InChI is InChI=1S/C17H19F3N4O/c1-2-23-6-8-24(9-7-23)12-13(11-21)16(25)22-15-5-3-4-14(10-15)17(18,19)20/h3-5,10,12H,2,6-9H2,1H3,(H,22,25)/b13-12-. The van der Waals surface area contributed by atoms with E-state index in [9.17, 15) is 23.2 Å². The van der Waals surface area contributed by atoms with Crippen LogP contribution in [0.2, 0.25) is 0 Å². The van der Waals surface area contributed by atoms with Crippen molar-refractivity contribution in [1.29, 1.82) is 5.26 Å². The van der Waals surface area contributed by atoms with Crippen LogP contribution in [0.25, 0.3) is 0 Å². The number of nitriles is 1. The molecule has 0 radical (unpaired) electrons. The van der Waals surface area contributed by atoms with Crippen molar-refractivity contribution in [2.24, 2.45) is 0 Å². The molecule has 0 unspecified atom stereocenters. The van der Waals surface area contributed by atoms with Crippen LogP contribution in [0.15, 0.2) is 36.0 Å². The molecule has 0 aliphatic carbocycles. The molecule has 0 bridgehead atoms. The van der Waals surface area contributed by atoms with Gasteiger partial charge in [-0.05, 0) is 24.7 Å². The Morgan fingerprint density at radius 3 is 2.56 bits per heavy atom. The zero-order valence-electron chi connectivity index (χ0n) is 13.8. The van der Waals surface area contributed by atoms with Crippen LogP contribution in [0.5, 0.6) is 0 Å². The van der Waals surface area contributed by atoms with Gasteiger partial charge >= 0.3 is 6.18 Å². The Bertz CT molecular complexity index is 686. The van der Waals surface area contributed by atoms with Crippen LogP contribution >= 0.6 is 0 Å². The number of hydrogen-bond donors (Lipinski definition) is 1. The molecule has 0 saturated carbocycles. The van der Waals surface area contributed by atoms with E-state index in [0.717, 1.165) is 31.8 Å². The van der Waals surface area contributed by atoms with Crippen molar-refractivity contribution in [3.05, 3.63) is 41.6 Å². The molecule has 1 fully saturated rings. The number of rotatable bonds is 4. The van der Waals surface area contributed by atoms with Gasteiger partial charge in [0.25, 0.3) is 5.91 Å². The quantitative estimate of drug-likeness (QED) is 0.669. The number of benzene rings is 1. The Morgan fingerprint density at radius 1 is 1.32 bits per heavy atom. The lowest BCUT2D eigenvalue weighted by molar-refractivity contribution is -0.137. The summed E-state index contributed by atoms with van der Waals surface area (Å²) >= 11 is 0. The minimum Gasteiger partial charge on any atom is -0.374 e. The predicted molar refractivity (Wildman–Crippen MR) is 87.5 cm³/mol. The zero-order valence-corrected chi connectivity index (χ0v) is 13.8. The van der Waals surface area contributed by atoms with E-state index < -0.39 is 17.6 Å². The maximum Gasteiger partial charge on any atom is 0.416 e. The van der Waals surface area contributed by atoms with Gasteiger partial charge in [0.15, 0.2) is 0 Å². The average molecular weight is 352 g/mol. The SMILES string of the molecule is CCN1CCN(/C=C(/C#N)C(=O)Nc2cccc(C(F)(F)F)c2)CC1. The number of piperazine rings is 1. The van der Waals surface area contributed by atoms with Gasteiger partial charge in [0.05, 0.1) is 5.56 Å². The molecule has 134 valence electrons. The Hall–Kier alpha value is -2.53. The average Bonchev–Trinajstić information content (AvgIpc) is 2.59. The number of likely N-dealkylation sites (N-methyl/N-ethyl adjacent to an activating group) is 1. The van der Waals surface area contributed by atoms with Gasteiger partial charge in [0, 0.05) is 38.1 Å². The van der Waals surface area contributed by atoms with Crippen LogP contribution in [0.4, 0.5) is 18.9 Å². The molecule has 1 heterocycles. The van der Waals surface area contributed by atoms with E-state index in [1.54, 1.807) is 0 Å². The summed E-state index contributed by atoms with van der Waals surface area (Å²) in [7, 11) is 0. The second-order valence-corrected chi connectivity index (χ2v) is 5.66. The van der Waals surface area contributed by atoms with Crippen molar-refractivity contribution in [3.63, 3.8) is 0 Å². The summed E-state index contributed by atoms with van der Waals surface area (Å²) in [6.07, 6.45) is -3.02. The highest BCUT2D eigenvalue weighted by Crippen LogP contribution is 2.30. The van der Waals surface area contributed by atoms with E-state index >= 15 is 0 Å². The van der Waals surface area contributed by atoms with E-state index in [1.165, 1.54) is 18.3 Å². The fraction of sp³-hybridized carbons (Fsp3) is 0.412. The molecule has 25 heavy (non-hydrogen) atoms. The summed E-state index contributed by atoms with van der Waals surface area (Å²) in [5.41, 5.74) is -0.998. The number of hydrogen-bond acceptors (Lipinski definition) is 4. The van der Waals surface area contributed by atoms with Crippen molar-refractivity contribution < 1.29 is 18.0 Å². The van der Waals surface area contributed by atoms with Crippen molar-refractivity contribution in [1.82, 2.24) is 9.80 Å². The number of carbonyl (C=O) groups excluding carboxylic acids is 1. The van der Waals surface area contributed by atoms with E-state index in [4.69, 9.17) is 0 Å². The highest BCUT2D eigenvalue weighted by Gasteiger charge is 2.30. The van der Waals surface area contributed by atoms with E-state index in [-0.39, 0.29) is 11.3 Å². The molecule has 1 aromatic rings. The van der Waals surface area contributed by atoms with Gasteiger partial charge in [0.1, 0.15) is 11.6 Å². The number of nitrogens with zero attached hydrogens (tertiary/aromatic N) is 3. The smallest absolute Gasteiger partial charge is 0.374 e. The Labute approximate surface area is 144 Å². The van der Waals surface area contributed by atoms with Crippen LogP contribution in [0.1, 0.15) is 12.5 Å². The van der Waals surface area contributed by atoms with Crippen LogP contribution in [-0.4, -0.2) is 48.4 Å². The third-order valence-electron chi connectivity index (χ3n) is 3.98. The Kier molecular flexibility index (Phi) is 6.04. The molecule has 2 rings (SSSR count). The fourth-order valence-electron chi connectivity index (χ4n) is 2.50. The first-order chi connectivity index (χ1) is 11.8. The first-order valence-corrected chi connectivity index (χ1v) is 7.90. The number of anilines is 1. The lowest BCUT2D eigenvalue weighted by Crippen LogP contribution is -2.44. The molecule has 1 aromatic carbocycles. The highest BCUT2D eigenvalue weighted by atomic mass is 19.4. The van der Waals surface area contributed by atoms with Crippen LogP contribution < -0.4 is 5.32 Å². The second kappa shape index (κ2) is 8.03. The highest BCUT2D eigenvalue weighted by molar-refractivity contribution is 6.06. The molecule has 1 amide bonds. The maximum absolute atomic E-state index is 12.7. The number of nitrogens with one attached hydrogen (secondary N) is 1. The number of amides is 1. The van der Waals surface area contributed by atoms with Crippen molar-refractivity contribution in [3.8, 4) is 6.07 Å². The van der Waals surface area contributed by atoms with Crippen molar-refractivity contribution >= 4 is 11.6 Å². The zero-order chi connectivity index (χ0) is 18.4. The molecule has 0 aromatic heterocycles. The first kappa shape index (κ1) is 18.8. The first-order valence-electron chi connectivity index (χ1n) is 7.90. The van der Waals surface area contributed by atoms with E-state index in [1.807, 2.05) is 11.0 Å². The Morgan fingerprint density at radius 2 is 2.00 bits per heavy atom. The van der Waals surface area contributed by atoms with Gasteiger partial charge in [-0.2, -0.15) is 18.4 Å². The van der Waals surface area contributed by atoms with Gasteiger partial charge in [0.2, 0.25) is 0 Å². The third-order valence-corrected chi connectivity index (χ3v) is 3.98. The topological polar surface area (TPSA) is 59.4 Å². The van der Waals surface area contributed by atoms with Gasteiger partial charge in [-0.25, -0.2) is 0 Å². The van der Waals surface area contributed by atoms with E-state index in [2.05, 4.69) is 17.1 Å². The summed E-state index contributed by atoms with van der Waals surface area (Å²) in [5, 5.41) is 11.5. The van der Waals surface area contributed by atoms with Crippen LogP contribution in [-0.2, 0) is 11.0 Å². The summed E-state index contributed by atoms with van der Waals surface area (Å²) in [6.45, 7) is 6.06. The molecule has 1 aliphatic rings. The Balaban J connectivity index is 2.06. The lowest BCUT2D eigenvalue weighted by Gasteiger charge is -2.33. The molecule has 1 aliphatic heterocycles. The number of carbonyl (C=O) groups is 1. The van der Waals surface area contributed by atoms with Gasteiger partial charge in [-0.1, -0.05) is 13.0 Å². The van der Waals surface area contributed by atoms with Crippen molar-refractivity contribution in [2.75, 3.05) is 38.0 Å². The van der Waals surface area contributed by atoms with Crippen LogP contribution in [0.3, 0.4) is 0 Å². The van der Waals surface area contributed by atoms with Gasteiger partial charge in [-0.3, -0.25) is 4.79 Å². The normalized spacial score (nSPS) is 16.4. The minimum atomic E-state index is -4.49. The van der Waals surface area contributed by atoms with Crippen LogP contribution in [0, 0.1) is 11.3 Å². The molecule has 1 N–H and O–H groups in total. The molecule has 0 atom stereocenters. The summed E-state index contributed by atoms with van der Waals surface area (Å²) in [4.78, 5) is 16.3. The summed E-state index contributed by atoms with van der Waals surface area (Å²) in [6, 6.07) is 6.13. The van der Waals surface area contributed by atoms with E-state index in [0.29, 0.717) is 13.1 Å². The molecule has 1 saturated heterocycles. The summed E-state index contributed by atoms with van der Waals surface area (Å²) in [5.74, 6) is -0.722. The predicted octanol–water partition coefficient (Wildman–Crippen LogP) is 2.69. The largest absolute Gasteiger partial charge is 0.416 e. The van der Waals surface area contributed by atoms with Gasteiger partial charge in [-0.15, -0.1) is 0 Å². The maximum atomic E-state index is 12.7. The molecule has 5 nitrogen and oxygen atoms in total. The monoisotopic (exact) mass is 352 g/mol.